The van der Waals surface area contributed by atoms with Crippen LogP contribution < -0.4 is 10.1 Å². The molecule has 0 saturated heterocycles. The molecule has 0 fully saturated rings. The first-order valence-electron chi connectivity index (χ1n) is 5.38. The van der Waals surface area contributed by atoms with Crippen molar-refractivity contribution in [1.82, 2.24) is 5.32 Å². The molecule has 0 unspecified atom stereocenters. The summed E-state index contributed by atoms with van der Waals surface area (Å²) in [6.45, 7) is 2.11. The lowest BCUT2D eigenvalue weighted by Gasteiger charge is -2.13. The van der Waals surface area contributed by atoms with Crippen LogP contribution in [0.5, 0.6) is 5.75 Å². The van der Waals surface area contributed by atoms with Crippen LogP contribution in [-0.4, -0.2) is 25.1 Å². The van der Waals surface area contributed by atoms with Crippen LogP contribution in [0.25, 0.3) is 0 Å². The van der Waals surface area contributed by atoms with Crippen LogP contribution >= 0.6 is 22.6 Å². The Morgan fingerprint density at radius 2 is 2.22 bits per heavy atom. The molecular weight excluding hydrogens is 349 g/mol. The molecule has 0 radical (unpaired) electrons. The first kappa shape index (κ1) is 13.1. The highest BCUT2D eigenvalue weighted by Gasteiger charge is 2.24. The van der Waals surface area contributed by atoms with Gasteiger partial charge < -0.3 is 14.8 Å². The number of carbonyl (C=O) groups excluding carboxylic acids is 2. The van der Waals surface area contributed by atoms with E-state index in [0.29, 0.717) is 17.9 Å². The van der Waals surface area contributed by atoms with Gasteiger partial charge in [-0.25, -0.2) is 4.79 Å². The third-order valence-electron chi connectivity index (χ3n) is 2.66. The topological polar surface area (TPSA) is 64.6 Å². The monoisotopic (exact) mass is 361 g/mol. The fourth-order valence-corrected chi connectivity index (χ4v) is 2.68. The zero-order valence-corrected chi connectivity index (χ0v) is 12.1. The predicted molar refractivity (Wildman–Crippen MR) is 72.4 cm³/mol. The Labute approximate surface area is 118 Å². The Morgan fingerprint density at radius 1 is 1.50 bits per heavy atom. The third-order valence-corrected chi connectivity index (χ3v) is 3.51. The summed E-state index contributed by atoms with van der Waals surface area (Å²) in [5.41, 5.74) is 1.58. The van der Waals surface area contributed by atoms with E-state index in [1.54, 1.807) is 19.1 Å². The van der Waals surface area contributed by atoms with Gasteiger partial charge in [0.05, 0.1) is 12.7 Å². The molecule has 96 valence electrons. The Bertz CT molecular complexity index is 515. The Morgan fingerprint density at radius 3 is 2.89 bits per heavy atom. The van der Waals surface area contributed by atoms with Gasteiger partial charge in [0, 0.05) is 10.1 Å². The molecule has 6 heteroatoms. The molecule has 1 aromatic carbocycles. The molecule has 18 heavy (non-hydrogen) atoms. The van der Waals surface area contributed by atoms with Crippen LogP contribution in [-0.2, 0) is 16.1 Å². The number of methoxy groups -OCH3 is 1. The van der Waals surface area contributed by atoms with E-state index in [9.17, 15) is 9.59 Å². The molecule has 1 aliphatic rings. The molecule has 0 bridgehead atoms. The molecule has 5 nitrogen and oxygen atoms in total. The second-order valence-electron chi connectivity index (χ2n) is 3.91. The number of nitrogens with one attached hydrogen (secondary N) is 1. The average molecular weight is 361 g/mol. The number of halogens is 1. The van der Waals surface area contributed by atoms with Crippen molar-refractivity contribution < 1.29 is 19.1 Å². The molecule has 1 amide bonds. The number of benzene rings is 1. The van der Waals surface area contributed by atoms with Gasteiger partial charge in [0.25, 0.3) is 5.91 Å². The lowest BCUT2D eigenvalue weighted by molar-refractivity contribution is -0.147. The zero-order chi connectivity index (χ0) is 13.3. The summed E-state index contributed by atoms with van der Waals surface area (Å²) >= 11 is 2.08. The van der Waals surface area contributed by atoms with Gasteiger partial charge in [0.1, 0.15) is 5.75 Å². The molecule has 0 saturated carbocycles. The highest BCUT2D eigenvalue weighted by atomic mass is 127. The van der Waals surface area contributed by atoms with E-state index in [0.717, 1.165) is 9.13 Å². The summed E-state index contributed by atoms with van der Waals surface area (Å²) in [4.78, 5) is 22.8. The van der Waals surface area contributed by atoms with Gasteiger partial charge >= 0.3 is 5.97 Å². The molecule has 1 aliphatic heterocycles. The first-order valence-corrected chi connectivity index (χ1v) is 6.46. The van der Waals surface area contributed by atoms with E-state index in [4.69, 9.17) is 4.74 Å². The van der Waals surface area contributed by atoms with Gasteiger partial charge in [0.2, 0.25) is 0 Å². The molecule has 2 rings (SSSR count). The van der Waals surface area contributed by atoms with Gasteiger partial charge in [0.15, 0.2) is 6.10 Å². The number of amides is 1. The molecular formula is C12H12INO4. The largest absolute Gasteiger partial charge is 0.479 e. The summed E-state index contributed by atoms with van der Waals surface area (Å²) in [5, 5.41) is 2.75. The van der Waals surface area contributed by atoms with Crippen LogP contribution in [0, 0.1) is 3.57 Å². The second-order valence-corrected chi connectivity index (χ2v) is 5.07. The fourth-order valence-electron chi connectivity index (χ4n) is 1.78. The van der Waals surface area contributed by atoms with Crippen LogP contribution in [0.1, 0.15) is 22.8 Å². The molecule has 0 aromatic heterocycles. The first-order chi connectivity index (χ1) is 8.52. The summed E-state index contributed by atoms with van der Waals surface area (Å²) in [6, 6.07) is 3.51. The summed E-state index contributed by atoms with van der Waals surface area (Å²) in [5.74, 6) is 0.0641. The van der Waals surface area contributed by atoms with Gasteiger partial charge in [-0.2, -0.15) is 0 Å². The van der Waals surface area contributed by atoms with E-state index in [1.165, 1.54) is 7.11 Å². The van der Waals surface area contributed by atoms with Crippen LogP contribution in [0.3, 0.4) is 0 Å². The molecule has 1 atom stereocenters. The Kier molecular flexibility index (Phi) is 3.74. The lowest BCUT2D eigenvalue weighted by Crippen LogP contribution is -2.25. The van der Waals surface area contributed by atoms with Crippen molar-refractivity contribution in [1.29, 1.82) is 0 Å². The van der Waals surface area contributed by atoms with Gasteiger partial charge in [-0.1, -0.05) is 0 Å². The minimum Gasteiger partial charge on any atom is -0.479 e. The standard InChI is InChI=1S/C12H12INO4/c1-6(12(16)17-2)18-8-3-7-5-14-11(15)10(7)9(13)4-8/h3-4,6H,5H2,1-2H3,(H,14,15)/t6-/m0/s1. The second kappa shape index (κ2) is 5.13. The van der Waals surface area contributed by atoms with E-state index < -0.39 is 12.1 Å². The number of rotatable bonds is 3. The minimum atomic E-state index is -0.672. The smallest absolute Gasteiger partial charge is 0.346 e. The van der Waals surface area contributed by atoms with Crippen LogP contribution in [0.15, 0.2) is 12.1 Å². The quantitative estimate of drug-likeness (QED) is 0.654. The molecule has 1 N–H and O–H groups in total. The minimum absolute atomic E-state index is 0.0676. The highest BCUT2D eigenvalue weighted by Crippen LogP contribution is 2.28. The Hall–Kier alpha value is -1.31. The average Bonchev–Trinajstić information content (AvgIpc) is 2.70. The van der Waals surface area contributed by atoms with Crippen molar-refractivity contribution >= 4 is 34.5 Å². The lowest BCUT2D eigenvalue weighted by atomic mass is 10.1. The fraction of sp³-hybridized carbons (Fsp3) is 0.333. The summed E-state index contributed by atoms with van der Waals surface area (Å²) < 4.78 is 10.9. The summed E-state index contributed by atoms with van der Waals surface area (Å²) in [6.07, 6.45) is -0.672. The van der Waals surface area contributed by atoms with Crippen LogP contribution in [0.2, 0.25) is 0 Å². The maximum atomic E-state index is 11.5. The van der Waals surface area contributed by atoms with Gasteiger partial charge in [-0.05, 0) is 47.2 Å². The third kappa shape index (κ3) is 2.43. The van der Waals surface area contributed by atoms with E-state index in [2.05, 4.69) is 32.6 Å². The molecule has 0 aliphatic carbocycles. The molecule has 0 spiro atoms. The number of ether oxygens (including phenoxy) is 2. The SMILES string of the molecule is COC(=O)[C@H](C)Oc1cc(I)c2c(c1)CNC2=O. The van der Waals surface area contributed by atoms with Crippen molar-refractivity contribution in [3.05, 3.63) is 26.8 Å². The van der Waals surface area contributed by atoms with Crippen molar-refractivity contribution in [2.75, 3.05) is 7.11 Å². The van der Waals surface area contributed by atoms with Gasteiger partial charge in [-0.15, -0.1) is 0 Å². The Balaban J connectivity index is 2.24. The number of hydrogen-bond acceptors (Lipinski definition) is 4. The maximum Gasteiger partial charge on any atom is 0.346 e. The number of hydrogen-bond donors (Lipinski definition) is 1. The number of fused-ring (bicyclic) bond motifs is 1. The predicted octanol–water partition coefficient (Wildman–Crippen LogP) is 1.47. The van der Waals surface area contributed by atoms with E-state index >= 15 is 0 Å². The zero-order valence-electron chi connectivity index (χ0n) is 9.95. The van der Waals surface area contributed by atoms with Crippen molar-refractivity contribution in [2.45, 2.75) is 19.6 Å². The van der Waals surface area contributed by atoms with Crippen LogP contribution in [0.4, 0.5) is 0 Å². The maximum absolute atomic E-state index is 11.5. The van der Waals surface area contributed by atoms with Gasteiger partial charge in [-0.3, -0.25) is 4.79 Å². The highest BCUT2D eigenvalue weighted by molar-refractivity contribution is 14.1. The van der Waals surface area contributed by atoms with E-state index in [1.807, 2.05) is 0 Å². The number of esters is 1. The van der Waals surface area contributed by atoms with Crippen molar-refractivity contribution in [2.24, 2.45) is 0 Å². The van der Waals surface area contributed by atoms with Crippen molar-refractivity contribution in [3.63, 3.8) is 0 Å². The number of carbonyl (C=O) groups is 2. The van der Waals surface area contributed by atoms with Crippen molar-refractivity contribution in [3.8, 4) is 5.75 Å². The summed E-state index contributed by atoms with van der Waals surface area (Å²) in [7, 11) is 1.32. The molecule has 1 heterocycles. The normalized spacial score (nSPS) is 14.7. The molecule has 1 aromatic rings. The van der Waals surface area contributed by atoms with E-state index in [-0.39, 0.29) is 5.91 Å².